The molecule has 1 saturated heterocycles. The summed E-state index contributed by atoms with van der Waals surface area (Å²) in [5.74, 6) is 0.879. The van der Waals surface area contributed by atoms with Crippen molar-refractivity contribution in [3.8, 4) is 22.6 Å². The maximum absolute atomic E-state index is 4.81. The molecule has 1 fully saturated rings. The molecule has 0 aromatic carbocycles. The molecule has 8 heteroatoms. The molecule has 0 unspecified atom stereocenters. The number of aryl methyl sites for hydroxylation is 1. The fourth-order valence-corrected chi connectivity index (χ4v) is 3.65. The van der Waals surface area contributed by atoms with Crippen LogP contribution in [-0.4, -0.2) is 49.1 Å². The Hall–Kier alpha value is -3.26. The summed E-state index contributed by atoms with van der Waals surface area (Å²) >= 11 is 0. The highest BCUT2D eigenvalue weighted by Crippen LogP contribution is 2.28. The molecule has 8 nitrogen and oxygen atoms in total. The highest BCUT2D eigenvalue weighted by atomic mass is 15.2. The number of fused-ring (bicyclic) bond motifs is 1. The number of anilines is 1. The van der Waals surface area contributed by atoms with E-state index in [1.54, 1.807) is 4.68 Å². The van der Waals surface area contributed by atoms with Gasteiger partial charge in [-0.05, 0) is 37.6 Å². The highest BCUT2D eigenvalue weighted by molar-refractivity contribution is 5.93. The Labute approximate surface area is 162 Å². The normalized spacial score (nSPS) is 17.1. The minimum Gasteiger partial charge on any atom is -0.366 e. The number of aromatic nitrogens is 6. The number of hydrogen-bond donors (Lipinski definition) is 3. The van der Waals surface area contributed by atoms with Gasteiger partial charge < -0.3 is 10.6 Å². The van der Waals surface area contributed by atoms with Gasteiger partial charge in [0.05, 0.1) is 29.3 Å². The fraction of sp³-hybridized carbons (Fsp3) is 0.300. The van der Waals surface area contributed by atoms with Gasteiger partial charge in [0, 0.05) is 36.8 Å². The van der Waals surface area contributed by atoms with E-state index in [4.69, 9.17) is 4.98 Å². The number of aromatic amines is 1. The Kier molecular flexibility index (Phi) is 4.25. The first kappa shape index (κ1) is 16.9. The van der Waals surface area contributed by atoms with Crippen LogP contribution in [0.2, 0.25) is 0 Å². The molecule has 1 aliphatic rings. The van der Waals surface area contributed by atoms with E-state index in [0.29, 0.717) is 6.04 Å². The number of nitrogens with zero attached hydrogens (tertiary/aromatic N) is 5. The van der Waals surface area contributed by atoms with E-state index >= 15 is 0 Å². The third-order valence-corrected chi connectivity index (χ3v) is 5.09. The minimum absolute atomic E-state index is 0.411. The zero-order valence-electron chi connectivity index (χ0n) is 15.7. The molecule has 0 saturated carbocycles. The number of hydrogen-bond acceptors (Lipinski definition) is 6. The molecule has 4 aromatic rings. The molecule has 0 bridgehead atoms. The Bertz CT molecular complexity index is 1110. The van der Waals surface area contributed by atoms with E-state index < -0.39 is 0 Å². The van der Waals surface area contributed by atoms with E-state index in [0.717, 1.165) is 58.9 Å². The summed E-state index contributed by atoms with van der Waals surface area (Å²) in [6, 6.07) is 8.47. The number of H-pyrrole nitrogens is 1. The molecule has 3 N–H and O–H groups in total. The Morgan fingerprint density at radius 3 is 3.00 bits per heavy atom. The maximum atomic E-state index is 4.81. The lowest BCUT2D eigenvalue weighted by Crippen LogP contribution is -2.38. The topological polar surface area (TPSA) is 96.3 Å². The third-order valence-electron chi connectivity index (χ3n) is 5.09. The molecule has 0 aliphatic carbocycles. The van der Waals surface area contributed by atoms with E-state index in [-0.39, 0.29) is 0 Å². The number of pyridine rings is 2. The summed E-state index contributed by atoms with van der Waals surface area (Å²) in [6.07, 6.45) is 7.92. The molecule has 1 atom stereocenters. The molecule has 0 amide bonds. The fourth-order valence-electron chi connectivity index (χ4n) is 3.65. The standard InChI is InChI=1S/C20H22N8/c1-28-12-13(9-23-28)17-8-15-18(11-22-17)26-27-20(15)16-5-2-6-19(25-16)24-14-4-3-7-21-10-14/h2,5-6,8-9,11-12,14,21H,3-4,7,10H2,1H3,(H,24,25)(H,26,27)/t14-/m1/s1. The molecular weight excluding hydrogens is 352 g/mol. The quantitative estimate of drug-likeness (QED) is 0.508. The number of piperidine rings is 1. The van der Waals surface area contributed by atoms with Gasteiger partial charge in [0.25, 0.3) is 0 Å². The first-order valence-electron chi connectivity index (χ1n) is 9.54. The maximum Gasteiger partial charge on any atom is 0.126 e. The van der Waals surface area contributed by atoms with Crippen LogP contribution in [0.15, 0.2) is 42.9 Å². The van der Waals surface area contributed by atoms with Gasteiger partial charge in [-0.25, -0.2) is 4.98 Å². The minimum atomic E-state index is 0.411. The van der Waals surface area contributed by atoms with E-state index in [2.05, 4.69) is 30.9 Å². The molecular formula is C20H22N8. The van der Waals surface area contributed by atoms with Crippen molar-refractivity contribution < 1.29 is 0 Å². The van der Waals surface area contributed by atoms with Crippen LogP contribution >= 0.6 is 0 Å². The van der Waals surface area contributed by atoms with Gasteiger partial charge in [-0.15, -0.1) is 0 Å². The molecule has 28 heavy (non-hydrogen) atoms. The first-order valence-corrected chi connectivity index (χ1v) is 9.54. The number of nitrogens with one attached hydrogen (secondary N) is 3. The van der Waals surface area contributed by atoms with Gasteiger partial charge in [-0.3, -0.25) is 14.8 Å². The van der Waals surface area contributed by atoms with Gasteiger partial charge in [0.15, 0.2) is 0 Å². The largest absolute Gasteiger partial charge is 0.366 e. The van der Waals surface area contributed by atoms with Crippen LogP contribution in [-0.2, 0) is 7.05 Å². The first-order chi connectivity index (χ1) is 13.8. The summed E-state index contributed by atoms with van der Waals surface area (Å²) in [4.78, 5) is 9.34. The van der Waals surface area contributed by atoms with Crippen molar-refractivity contribution in [3.05, 3.63) is 42.9 Å². The van der Waals surface area contributed by atoms with E-state index in [9.17, 15) is 0 Å². The second kappa shape index (κ2) is 7.05. The zero-order valence-corrected chi connectivity index (χ0v) is 15.7. The zero-order chi connectivity index (χ0) is 18.9. The lowest BCUT2D eigenvalue weighted by molar-refractivity contribution is 0.479. The van der Waals surface area contributed by atoms with Crippen molar-refractivity contribution >= 4 is 16.7 Å². The lowest BCUT2D eigenvalue weighted by Gasteiger charge is -2.24. The summed E-state index contributed by atoms with van der Waals surface area (Å²) in [6.45, 7) is 2.07. The van der Waals surface area contributed by atoms with Crippen molar-refractivity contribution in [2.45, 2.75) is 18.9 Å². The monoisotopic (exact) mass is 374 g/mol. The van der Waals surface area contributed by atoms with Gasteiger partial charge in [0.2, 0.25) is 0 Å². The second-order valence-electron chi connectivity index (χ2n) is 7.19. The Morgan fingerprint density at radius 1 is 1.21 bits per heavy atom. The van der Waals surface area contributed by atoms with Crippen LogP contribution in [0.3, 0.4) is 0 Å². The van der Waals surface area contributed by atoms with Crippen LogP contribution < -0.4 is 10.6 Å². The average molecular weight is 374 g/mol. The summed E-state index contributed by atoms with van der Waals surface area (Å²) in [5, 5.41) is 19.8. The Morgan fingerprint density at radius 2 is 2.18 bits per heavy atom. The van der Waals surface area contributed by atoms with Crippen molar-refractivity contribution in [3.63, 3.8) is 0 Å². The predicted octanol–water partition coefficient (Wildman–Crippen LogP) is 2.58. The smallest absolute Gasteiger partial charge is 0.126 e. The van der Waals surface area contributed by atoms with Crippen molar-refractivity contribution in [1.82, 2.24) is 35.3 Å². The van der Waals surface area contributed by atoms with Crippen LogP contribution in [0.4, 0.5) is 5.82 Å². The second-order valence-corrected chi connectivity index (χ2v) is 7.19. The molecule has 142 valence electrons. The number of rotatable bonds is 4. The van der Waals surface area contributed by atoms with Gasteiger partial charge >= 0.3 is 0 Å². The molecule has 5 rings (SSSR count). The van der Waals surface area contributed by atoms with Gasteiger partial charge in [0.1, 0.15) is 11.5 Å². The summed E-state index contributed by atoms with van der Waals surface area (Å²) < 4.78 is 1.77. The molecule has 0 radical (unpaired) electrons. The molecule has 0 spiro atoms. The lowest BCUT2D eigenvalue weighted by atomic mass is 10.1. The van der Waals surface area contributed by atoms with Crippen LogP contribution in [0.1, 0.15) is 12.8 Å². The van der Waals surface area contributed by atoms with Crippen LogP contribution in [0, 0.1) is 0 Å². The van der Waals surface area contributed by atoms with Crippen molar-refractivity contribution in [1.29, 1.82) is 0 Å². The van der Waals surface area contributed by atoms with Crippen molar-refractivity contribution in [2.24, 2.45) is 7.05 Å². The molecule has 1 aliphatic heterocycles. The van der Waals surface area contributed by atoms with Crippen LogP contribution in [0.25, 0.3) is 33.5 Å². The van der Waals surface area contributed by atoms with Crippen LogP contribution in [0.5, 0.6) is 0 Å². The summed E-state index contributed by atoms with van der Waals surface area (Å²) in [5.41, 5.74) is 4.39. The van der Waals surface area contributed by atoms with Crippen molar-refractivity contribution in [2.75, 3.05) is 18.4 Å². The predicted molar refractivity (Wildman–Crippen MR) is 109 cm³/mol. The van der Waals surface area contributed by atoms with Gasteiger partial charge in [-0.2, -0.15) is 10.2 Å². The van der Waals surface area contributed by atoms with E-state index in [1.807, 2.05) is 49.9 Å². The molecule has 4 aromatic heterocycles. The third kappa shape index (κ3) is 3.22. The molecule has 5 heterocycles. The SMILES string of the molecule is Cn1cc(-c2cc3c(-c4cccc(N[C@@H]5CCCNC5)n4)n[nH]c3cn2)cn1. The highest BCUT2D eigenvalue weighted by Gasteiger charge is 2.15. The average Bonchev–Trinajstić information content (AvgIpc) is 3.35. The van der Waals surface area contributed by atoms with Gasteiger partial charge in [-0.1, -0.05) is 6.07 Å². The Balaban J connectivity index is 1.49. The summed E-state index contributed by atoms with van der Waals surface area (Å²) in [7, 11) is 1.90. The van der Waals surface area contributed by atoms with E-state index in [1.165, 1.54) is 6.42 Å².